The summed E-state index contributed by atoms with van der Waals surface area (Å²) in [5.74, 6) is 1.21. The van der Waals surface area contributed by atoms with Crippen molar-refractivity contribution in [3.8, 4) is 5.75 Å². The molecule has 0 aliphatic carbocycles. The summed E-state index contributed by atoms with van der Waals surface area (Å²) in [7, 11) is 0. The monoisotopic (exact) mass is 250 g/mol. The van der Waals surface area contributed by atoms with Crippen LogP contribution in [0.3, 0.4) is 0 Å². The van der Waals surface area contributed by atoms with E-state index in [1.807, 2.05) is 36.4 Å². The molecule has 0 radical (unpaired) electrons. The molecule has 100 valence electrons. The zero-order valence-electron chi connectivity index (χ0n) is 11.3. The summed E-state index contributed by atoms with van der Waals surface area (Å²) in [5, 5.41) is 0. The van der Waals surface area contributed by atoms with Gasteiger partial charge in [-0.1, -0.05) is 50.6 Å². The van der Waals surface area contributed by atoms with Crippen LogP contribution in [0.5, 0.6) is 5.75 Å². The standard InChI is InChI=1S/C16H23FO/c1-3-8-14(4-2)11-12-15(17)13-18-16-9-6-5-7-10-16/h5-7,9-12,14-15H,3-4,8,13H2,1-2H3/b12-11+. The molecule has 0 heterocycles. The van der Waals surface area contributed by atoms with Gasteiger partial charge in [0.2, 0.25) is 0 Å². The Kier molecular flexibility index (Phi) is 7.16. The van der Waals surface area contributed by atoms with Gasteiger partial charge < -0.3 is 4.74 Å². The molecule has 0 spiro atoms. The molecule has 1 aromatic carbocycles. The molecule has 1 rings (SSSR count). The Labute approximate surface area is 110 Å². The zero-order valence-corrected chi connectivity index (χ0v) is 11.3. The number of benzene rings is 1. The van der Waals surface area contributed by atoms with Gasteiger partial charge >= 0.3 is 0 Å². The normalized spacial score (nSPS) is 14.6. The van der Waals surface area contributed by atoms with E-state index >= 15 is 0 Å². The molecule has 2 heteroatoms. The van der Waals surface area contributed by atoms with E-state index in [9.17, 15) is 4.39 Å². The van der Waals surface area contributed by atoms with Crippen LogP contribution in [0.15, 0.2) is 42.5 Å². The first-order chi connectivity index (χ1) is 8.76. The highest BCUT2D eigenvalue weighted by Crippen LogP contribution is 2.14. The van der Waals surface area contributed by atoms with Crippen molar-refractivity contribution >= 4 is 0 Å². The van der Waals surface area contributed by atoms with Crippen molar-refractivity contribution in [2.75, 3.05) is 6.61 Å². The summed E-state index contributed by atoms with van der Waals surface area (Å²) < 4.78 is 19.0. The molecule has 0 aliphatic heterocycles. The topological polar surface area (TPSA) is 9.23 Å². The average Bonchev–Trinajstić information content (AvgIpc) is 2.42. The minimum absolute atomic E-state index is 0.0864. The summed E-state index contributed by atoms with van der Waals surface area (Å²) in [5.41, 5.74) is 0. The van der Waals surface area contributed by atoms with Crippen molar-refractivity contribution < 1.29 is 9.13 Å². The molecule has 0 saturated heterocycles. The van der Waals surface area contributed by atoms with Gasteiger partial charge in [0, 0.05) is 0 Å². The van der Waals surface area contributed by atoms with Crippen LogP contribution in [0.2, 0.25) is 0 Å². The fourth-order valence-electron chi connectivity index (χ4n) is 1.83. The Morgan fingerprint density at radius 3 is 2.50 bits per heavy atom. The third kappa shape index (κ3) is 5.85. The highest BCUT2D eigenvalue weighted by Gasteiger charge is 2.05. The van der Waals surface area contributed by atoms with Crippen molar-refractivity contribution in [1.82, 2.24) is 0 Å². The maximum atomic E-state index is 13.6. The van der Waals surface area contributed by atoms with Crippen molar-refractivity contribution in [2.24, 2.45) is 5.92 Å². The SMILES string of the molecule is CCCC(/C=C/C(F)COc1ccccc1)CC. The second-order valence-corrected chi connectivity index (χ2v) is 4.48. The molecule has 2 atom stereocenters. The van der Waals surface area contributed by atoms with E-state index in [1.165, 1.54) is 0 Å². The number of ether oxygens (including phenoxy) is 1. The van der Waals surface area contributed by atoms with Crippen LogP contribution in [0, 0.1) is 5.92 Å². The lowest BCUT2D eigenvalue weighted by molar-refractivity contribution is 0.228. The number of para-hydroxylation sites is 1. The Bertz CT molecular complexity index is 334. The number of hydrogen-bond donors (Lipinski definition) is 0. The number of allylic oxidation sites excluding steroid dienone is 1. The van der Waals surface area contributed by atoms with Crippen molar-refractivity contribution in [3.05, 3.63) is 42.5 Å². The van der Waals surface area contributed by atoms with E-state index in [1.54, 1.807) is 6.08 Å². The van der Waals surface area contributed by atoms with Gasteiger partial charge in [-0.25, -0.2) is 4.39 Å². The van der Waals surface area contributed by atoms with E-state index in [4.69, 9.17) is 4.74 Å². The number of hydrogen-bond acceptors (Lipinski definition) is 1. The smallest absolute Gasteiger partial charge is 0.152 e. The van der Waals surface area contributed by atoms with E-state index in [0.29, 0.717) is 11.7 Å². The Morgan fingerprint density at radius 2 is 1.89 bits per heavy atom. The largest absolute Gasteiger partial charge is 0.490 e. The molecule has 0 amide bonds. The molecule has 1 nitrogen and oxygen atoms in total. The van der Waals surface area contributed by atoms with Gasteiger partial charge in [-0.05, 0) is 30.9 Å². The van der Waals surface area contributed by atoms with Gasteiger partial charge in [0.05, 0.1) is 0 Å². The molecular weight excluding hydrogens is 227 g/mol. The first-order valence-electron chi connectivity index (χ1n) is 6.76. The minimum Gasteiger partial charge on any atom is -0.490 e. The van der Waals surface area contributed by atoms with Gasteiger partial charge in [-0.2, -0.15) is 0 Å². The molecule has 0 saturated carbocycles. The van der Waals surface area contributed by atoms with E-state index < -0.39 is 6.17 Å². The van der Waals surface area contributed by atoms with Gasteiger partial charge in [-0.15, -0.1) is 0 Å². The summed E-state index contributed by atoms with van der Waals surface area (Å²) in [6.45, 7) is 4.38. The lowest BCUT2D eigenvalue weighted by Crippen LogP contribution is -2.10. The molecule has 0 bridgehead atoms. The first kappa shape index (κ1) is 14.7. The maximum absolute atomic E-state index is 13.6. The molecule has 0 aliphatic rings. The molecule has 0 N–H and O–H groups in total. The summed E-state index contributed by atoms with van der Waals surface area (Å²) >= 11 is 0. The fourth-order valence-corrected chi connectivity index (χ4v) is 1.83. The number of alkyl halides is 1. The molecule has 18 heavy (non-hydrogen) atoms. The van der Waals surface area contributed by atoms with E-state index in [0.717, 1.165) is 19.3 Å². The second kappa shape index (κ2) is 8.73. The molecule has 0 aromatic heterocycles. The van der Waals surface area contributed by atoms with Crippen LogP contribution in [0.25, 0.3) is 0 Å². The quantitative estimate of drug-likeness (QED) is 0.603. The highest BCUT2D eigenvalue weighted by atomic mass is 19.1. The summed E-state index contributed by atoms with van der Waals surface area (Å²) in [6.07, 6.45) is 5.92. The van der Waals surface area contributed by atoms with E-state index in [2.05, 4.69) is 13.8 Å². The van der Waals surface area contributed by atoms with Crippen molar-refractivity contribution in [1.29, 1.82) is 0 Å². The first-order valence-corrected chi connectivity index (χ1v) is 6.76. The maximum Gasteiger partial charge on any atom is 0.152 e. The summed E-state index contributed by atoms with van der Waals surface area (Å²) in [6, 6.07) is 9.35. The van der Waals surface area contributed by atoms with Crippen molar-refractivity contribution in [2.45, 2.75) is 39.3 Å². The third-order valence-corrected chi connectivity index (χ3v) is 2.93. The minimum atomic E-state index is -1.03. The number of halogens is 1. The van der Waals surface area contributed by atoms with Gasteiger partial charge in [0.25, 0.3) is 0 Å². The van der Waals surface area contributed by atoms with Crippen LogP contribution in [0.1, 0.15) is 33.1 Å². The lowest BCUT2D eigenvalue weighted by atomic mass is 10.00. The molecule has 2 unspecified atom stereocenters. The van der Waals surface area contributed by atoms with Crippen LogP contribution >= 0.6 is 0 Å². The van der Waals surface area contributed by atoms with Gasteiger partial charge in [-0.3, -0.25) is 0 Å². The summed E-state index contributed by atoms with van der Waals surface area (Å²) in [4.78, 5) is 0. The molecule has 0 fully saturated rings. The van der Waals surface area contributed by atoms with Crippen LogP contribution in [-0.4, -0.2) is 12.8 Å². The Balaban J connectivity index is 2.32. The average molecular weight is 250 g/mol. The van der Waals surface area contributed by atoms with Crippen LogP contribution in [0.4, 0.5) is 4.39 Å². The van der Waals surface area contributed by atoms with Crippen molar-refractivity contribution in [3.63, 3.8) is 0 Å². The van der Waals surface area contributed by atoms with Gasteiger partial charge in [0.1, 0.15) is 12.4 Å². The van der Waals surface area contributed by atoms with Crippen LogP contribution < -0.4 is 4.74 Å². The number of rotatable bonds is 8. The van der Waals surface area contributed by atoms with E-state index in [-0.39, 0.29) is 6.61 Å². The molecule has 1 aromatic rings. The molecular formula is C16H23FO. The van der Waals surface area contributed by atoms with Crippen LogP contribution in [-0.2, 0) is 0 Å². The predicted octanol–water partition coefficient (Wildman–Crippen LogP) is 4.79. The predicted molar refractivity (Wildman–Crippen MR) is 74.7 cm³/mol. The van der Waals surface area contributed by atoms with Gasteiger partial charge in [0.15, 0.2) is 6.17 Å². The Morgan fingerprint density at radius 1 is 1.17 bits per heavy atom. The third-order valence-electron chi connectivity index (χ3n) is 2.93. The lowest BCUT2D eigenvalue weighted by Gasteiger charge is -2.10. The second-order valence-electron chi connectivity index (χ2n) is 4.48. The highest BCUT2D eigenvalue weighted by molar-refractivity contribution is 5.21. The zero-order chi connectivity index (χ0) is 13.2. The Hall–Kier alpha value is -1.31. The fraction of sp³-hybridized carbons (Fsp3) is 0.500.